The van der Waals surface area contributed by atoms with E-state index in [0.29, 0.717) is 23.2 Å². The Morgan fingerprint density at radius 3 is 1.25 bits per heavy atom. The van der Waals surface area contributed by atoms with Crippen LogP contribution in [0.1, 0.15) is 215 Å². The van der Waals surface area contributed by atoms with Crippen molar-refractivity contribution < 1.29 is 19.1 Å². The SMILES string of the molecule is CCCCCCCCCCSC(=O)C(C)(C)CCCCCC(CCCCCC(C)(C)C(=O)SCCCCCCCCCC)OC(=O)CCN(C)C. The van der Waals surface area contributed by atoms with Gasteiger partial charge in [-0.3, -0.25) is 14.4 Å². The largest absolute Gasteiger partial charge is 0.462 e. The van der Waals surface area contributed by atoms with Crippen molar-refractivity contribution in [1.82, 2.24) is 4.90 Å². The maximum atomic E-state index is 12.9. The fraction of sp³-hybridized carbons (Fsp3) is 0.932. The first-order chi connectivity index (χ1) is 24.4. The minimum atomic E-state index is -0.288. The Morgan fingerprint density at radius 2 is 0.882 bits per heavy atom. The summed E-state index contributed by atoms with van der Waals surface area (Å²) in [5, 5.41) is 0.676. The van der Waals surface area contributed by atoms with Gasteiger partial charge in [0.25, 0.3) is 0 Å². The Hall–Kier alpha value is -0.530. The van der Waals surface area contributed by atoms with E-state index in [1.54, 1.807) is 23.5 Å². The number of unbranched alkanes of at least 4 members (excludes halogenated alkanes) is 18. The first kappa shape index (κ1) is 50.5. The molecule has 0 bridgehead atoms. The normalized spacial score (nSPS) is 12.3. The van der Waals surface area contributed by atoms with Gasteiger partial charge in [0.2, 0.25) is 0 Å². The van der Waals surface area contributed by atoms with E-state index in [1.807, 2.05) is 19.0 Å². The quantitative estimate of drug-likeness (QED) is 0.0466. The number of thioether (sulfide) groups is 2. The van der Waals surface area contributed by atoms with Crippen molar-refractivity contribution >= 4 is 39.7 Å². The van der Waals surface area contributed by atoms with Crippen LogP contribution in [0.15, 0.2) is 0 Å². The maximum Gasteiger partial charge on any atom is 0.307 e. The Bertz CT molecular complexity index is 804. The third kappa shape index (κ3) is 30.5. The molecule has 0 spiro atoms. The number of carbonyl (C=O) groups excluding carboxylic acids is 3. The average Bonchev–Trinajstić information content (AvgIpc) is 3.08. The molecular formula is C44H85NO4S2. The van der Waals surface area contributed by atoms with Gasteiger partial charge in [-0.15, -0.1) is 0 Å². The number of ether oxygens (including phenoxy) is 1. The zero-order valence-electron chi connectivity index (χ0n) is 35.2. The summed E-state index contributed by atoms with van der Waals surface area (Å²) in [5.74, 6) is 1.79. The molecule has 0 heterocycles. The van der Waals surface area contributed by atoms with Crippen LogP contribution in [0.4, 0.5) is 0 Å². The second-order valence-corrected chi connectivity index (χ2v) is 19.0. The summed E-state index contributed by atoms with van der Waals surface area (Å²) in [6.45, 7) is 13.6. The lowest BCUT2D eigenvalue weighted by Crippen LogP contribution is -2.23. The van der Waals surface area contributed by atoms with Crippen LogP contribution in [0.5, 0.6) is 0 Å². The Labute approximate surface area is 326 Å². The van der Waals surface area contributed by atoms with Crippen LogP contribution < -0.4 is 0 Å². The van der Waals surface area contributed by atoms with Gasteiger partial charge < -0.3 is 9.64 Å². The molecule has 302 valence electrons. The third-order valence-electron chi connectivity index (χ3n) is 10.3. The van der Waals surface area contributed by atoms with E-state index in [0.717, 1.165) is 88.6 Å². The predicted octanol–water partition coefficient (Wildman–Crippen LogP) is 13.6. The molecular weight excluding hydrogens is 671 g/mol. The molecule has 0 saturated heterocycles. The van der Waals surface area contributed by atoms with Crippen LogP contribution in [0.25, 0.3) is 0 Å². The van der Waals surface area contributed by atoms with Gasteiger partial charge in [-0.05, 0) is 65.5 Å². The fourth-order valence-electron chi connectivity index (χ4n) is 6.45. The van der Waals surface area contributed by atoms with Crippen molar-refractivity contribution in [2.45, 2.75) is 221 Å². The highest BCUT2D eigenvalue weighted by Gasteiger charge is 2.28. The van der Waals surface area contributed by atoms with Gasteiger partial charge in [-0.2, -0.15) is 0 Å². The molecule has 0 aliphatic carbocycles. The van der Waals surface area contributed by atoms with Gasteiger partial charge >= 0.3 is 5.97 Å². The van der Waals surface area contributed by atoms with Crippen molar-refractivity contribution in [3.8, 4) is 0 Å². The number of rotatable bonds is 36. The number of hydrogen-bond donors (Lipinski definition) is 0. The van der Waals surface area contributed by atoms with Gasteiger partial charge in [-0.25, -0.2) is 0 Å². The maximum absolute atomic E-state index is 12.9. The molecule has 7 heteroatoms. The second-order valence-electron chi connectivity index (χ2n) is 16.9. The monoisotopic (exact) mass is 756 g/mol. The summed E-state index contributed by atoms with van der Waals surface area (Å²) in [6.07, 6.45) is 30.9. The standard InChI is InChI=1S/C44H85NO4S2/c1-9-11-13-15-17-19-21-29-37-50-41(47)43(3,4)34-27-23-25-31-39(49-40(46)33-36-45(7)8)32-26-24-28-35-44(5,6)42(48)51-38-30-22-20-18-16-14-12-10-2/h39H,9-38H2,1-8H3. The van der Waals surface area contributed by atoms with Crippen LogP contribution in [0.3, 0.4) is 0 Å². The van der Waals surface area contributed by atoms with E-state index in [1.165, 1.54) is 89.9 Å². The topological polar surface area (TPSA) is 63.7 Å². The molecule has 0 aliphatic heterocycles. The fourth-order valence-corrected chi connectivity index (χ4v) is 8.50. The van der Waals surface area contributed by atoms with Gasteiger partial charge in [0.1, 0.15) is 6.10 Å². The Balaban J connectivity index is 4.43. The number of hydrogen-bond acceptors (Lipinski definition) is 7. The molecule has 0 atom stereocenters. The summed E-state index contributed by atoms with van der Waals surface area (Å²) >= 11 is 3.08. The van der Waals surface area contributed by atoms with Crippen LogP contribution >= 0.6 is 23.5 Å². The summed E-state index contributed by atoms with van der Waals surface area (Å²) in [6, 6.07) is 0. The molecule has 0 radical (unpaired) electrons. The second kappa shape index (κ2) is 32.9. The van der Waals surface area contributed by atoms with Gasteiger partial charge in [0.15, 0.2) is 10.2 Å². The van der Waals surface area contributed by atoms with Crippen molar-refractivity contribution in [3.63, 3.8) is 0 Å². The van der Waals surface area contributed by atoms with E-state index >= 15 is 0 Å². The molecule has 0 aromatic heterocycles. The molecule has 0 amide bonds. The number of esters is 1. The summed E-state index contributed by atoms with van der Waals surface area (Å²) in [7, 11) is 3.96. The Kier molecular flexibility index (Phi) is 32.5. The summed E-state index contributed by atoms with van der Waals surface area (Å²) in [5.41, 5.74) is -0.575. The molecule has 0 fully saturated rings. The van der Waals surface area contributed by atoms with Gasteiger partial charge in [0.05, 0.1) is 6.42 Å². The molecule has 0 N–H and O–H groups in total. The first-order valence-corrected chi connectivity index (χ1v) is 23.5. The van der Waals surface area contributed by atoms with Crippen LogP contribution in [-0.4, -0.2) is 59.3 Å². The smallest absolute Gasteiger partial charge is 0.307 e. The highest BCUT2D eigenvalue weighted by Crippen LogP contribution is 2.32. The van der Waals surface area contributed by atoms with Crippen LogP contribution in [0.2, 0.25) is 0 Å². The van der Waals surface area contributed by atoms with Gasteiger partial charge in [-0.1, -0.05) is 181 Å². The summed E-state index contributed by atoms with van der Waals surface area (Å²) in [4.78, 5) is 40.5. The molecule has 0 rings (SSSR count). The van der Waals surface area contributed by atoms with E-state index in [9.17, 15) is 14.4 Å². The third-order valence-corrected chi connectivity index (χ3v) is 12.9. The molecule has 5 nitrogen and oxygen atoms in total. The number of carbonyl (C=O) groups is 3. The predicted molar refractivity (Wildman–Crippen MR) is 227 cm³/mol. The lowest BCUT2D eigenvalue weighted by molar-refractivity contribution is -0.150. The first-order valence-electron chi connectivity index (χ1n) is 21.5. The molecule has 0 saturated carbocycles. The Morgan fingerprint density at radius 1 is 0.529 bits per heavy atom. The van der Waals surface area contributed by atoms with E-state index in [4.69, 9.17) is 4.74 Å². The van der Waals surface area contributed by atoms with Gasteiger partial charge in [0, 0.05) is 28.9 Å². The molecule has 0 aliphatic rings. The highest BCUT2D eigenvalue weighted by atomic mass is 32.2. The van der Waals surface area contributed by atoms with Crippen molar-refractivity contribution in [2.75, 3.05) is 32.1 Å². The summed E-state index contributed by atoms with van der Waals surface area (Å²) < 4.78 is 5.98. The van der Waals surface area contributed by atoms with E-state index in [2.05, 4.69) is 41.5 Å². The lowest BCUT2D eigenvalue weighted by Gasteiger charge is -2.23. The zero-order chi connectivity index (χ0) is 38.2. The van der Waals surface area contributed by atoms with Crippen molar-refractivity contribution in [2.24, 2.45) is 10.8 Å². The van der Waals surface area contributed by atoms with Crippen molar-refractivity contribution in [3.05, 3.63) is 0 Å². The molecule has 0 unspecified atom stereocenters. The average molecular weight is 756 g/mol. The van der Waals surface area contributed by atoms with Crippen LogP contribution in [0, 0.1) is 10.8 Å². The number of nitrogens with zero attached hydrogens (tertiary/aromatic N) is 1. The van der Waals surface area contributed by atoms with Crippen molar-refractivity contribution in [1.29, 1.82) is 0 Å². The van der Waals surface area contributed by atoms with Crippen LogP contribution in [-0.2, 0) is 19.1 Å². The minimum Gasteiger partial charge on any atom is -0.462 e. The lowest BCUT2D eigenvalue weighted by atomic mass is 9.87. The highest BCUT2D eigenvalue weighted by molar-refractivity contribution is 8.14. The van der Waals surface area contributed by atoms with E-state index in [-0.39, 0.29) is 22.9 Å². The molecule has 0 aromatic carbocycles. The minimum absolute atomic E-state index is 0.0478. The zero-order valence-corrected chi connectivity index (χ0v) is 36.8. The molecule has 0 aromatic rings. The molecule has 51 heavy (non-hydrogen) atoms. The van der Waals surface area contributed by atoms with E-state index < -0.39 is 0 Å².